The second kappa shape index (κ2) is 4.31. The summed E-state index contributed by atoms with van der Waals surface area (Å²) in [6.07, 6.45) is 3.58. The van der Waals surface area contributed by atoms with E-state index < -0.39 is 0 Å². The van der Waals surface area contributed by atoms with Gasteiger partial charge in [-0.15, -0.1) is 11.3 Å². The smallest absolute Gasteiger partial charge is 0.0931 e. The van der Waals surface area contributed by atoms with E-state index >= 15 is 0 Å². The summed E-state index contributed by atoms with van der Waals surface area (Å²) < 4.78 is 0.766. The Bertz CT molecular complexity index is 467. The summed E-state index contributed by atoms with van der Waals surface area (Å²) in [6, 6.07) is 5.66. The zero-order valence-corrected chi connectivity index (χ0v) is 9.85. The van der Waals surface area contributed by atoms with Crippen molar-refractivity contribution in [1.82, 2.24) is 4.98 Å². The Morgan fingerprint density at radius 2 is 2.20 bits per heavy atom. The van der Waals surface area contributed by atoms with E-state index in [-0.39, 0.29) is 6.04 Å². The van der Waals surface area contributed by atoms with Crippen molar-refractivity contribution in [3.8, 4) is 0 Å². The van der Waals surface area contributed by atoms with Gasteiger partial charge in [-0.1, -0.05) is 11.6 Å². The predicted molar refractivity (Wildman–Crippen MR) is 64.3 cm³/mol. The van der Waals surface area contributed by atoms with Gasteiger partial charge in [-0.3, -0.25) is 4.98 Å². The molecule has 0 fully saturated rings. The fourth-order valence-electron chi connectivity index (χ4n) is 1.45. The lowest BCUT2D eigenvalue weighted by Crippen LogP contribution is -2.11. The van der Waals surface area contributed by atoms with Crippen LogP contribution in [0.4, 0.5) is 0 Å². The maximum atomic E-state index is 6.14. The number of nitrogens with zero attached hydrogens (tertiary/aromatic N) is 1. The van der Waals surface area contributed by atoms with E-state index in [0.29, 0.717) is 0 Å². The molecule has 0 bridgehead atoms. The lowest BCUT2D eigenvalue weighted by molar-refractivity contribution is 0.872. The maximum Gasteiger partial charge on any atom is 0.0931 e. The van der Waals surface area contributed by atoms with Crippen LogP contribution in [-0.2, 0) is 0 Å². The zero-order valence-electron chi connectivity index (χ0n) is 8.27. The molecule has 1 unspecified atom stereocenters. The van der Waals surface area contributed by atoms with Crippen LogP contribution in [0.3, 0.4) is 0 Å². The van der Waals surface area contributed by atoms with E-state index in [1.54, 1.807) is 6.20 Å². The highest BCUT2D eigenvalue weighted by Crippen LogP contribution is 2.30. The van der Waals surface area contributed by atoms with Gasteiger partial charge in [0.05, 0.1) is 10.4 Å². The summed E-state index contributed by atoms with van der Waals surface area (Å²) in [5, 5.41) is 0. The topological polar surface area (TPSA) is 38.9 Å². The van der Waals surface area contributed by atoms with E-state index in [4.69, 9.17) is 17.3 Å². The number of nitrogens with two attached hydrogens (primary N) is 1. The van der Waals surface area contributed by atoms with Crippen LogP contribution >= 0.6 is 22.9 Å². The SMILES string of the molecule is Cc1ccncc1C(N)c1ccc(Cl)s1. The molecule has 4 heteroatoms. The van der Waals surface area contributed by atoms with Crippen LogP contribution in [0.25, 0.3) is 0 Å². The summed E-state index contributed by atoms with van der Waals surface area (Å²) in [7, 11) is 0. The normalized spacial score (nSPS) is 12.7. The van der Waals surface area contributed by atoms with Gasteiger partial charge >= 0.3 is 0 Å². The zero-order chi connectivity index (χ0) is 10.8. The highest BCUT2D eigenvalue weighted by atomic mass is 35.5. The molecule has 0 saturated carbocycles. The first-order valence-electron chi connectivity index (χ1n) is 4.60. The monoisotopic (exact) mass is 238 g/mol. The van der Waals surface area contributed by atoms with Crippen molar-refractivity contribution in [1.29, 1.82) is 0 Å². The lowest BCUT2D eigenvalue weighted by atomic mass is 10.0. The van der Waals surface area contributed by atoms with Crippen LogP contribution in [0.5, 0.6) is 0 Å². The molecule has 0 amide bonds. The number of aromatic nitrogens is 1. The number of hydrogen-bond donors (Lipinski definition) is 1. The first-order chi connectivity index (χ1) is 7.18. The quantitative estimate of drug-likeness (QED) is 0.873. The van der Waals surface area contributed by atoms with Crippen molar-refractivity contribution in [2.45, 2.75) is 13.0 Å². The Morgan fingerprint density at radius 3 is 2.80 bits per heavy atom. The van der Waals surface area contributed by atoms with E-state index in [1.165, 1.54) is 11.3 Å². The third-order valence-corrected chi connectivity index (χ3v) is 3.63. The summed E-state index contributed by atoms with van der Waals surface area (Å²) in [5.41, 5.74) is 8.35. The van der Waals surface area contributed by atoms with Crippen LogP contribution in [0, 0.1) is 6.92 Å². The van der Waals surface area contributed by atoms with Gasteiger partial charge in [0.1, 0.15) is 0 Å². The van der Waals surface area contributed by atoms with E-state index in [9.17, 15) is 0 Å². The number of rotatable bonds is 2. The number of halogens is 1. The molecule has 0 aliphatic rings. The lowest BCUT2D eigenvalue weighted by Gasteiger charge is -2.11. The van der Waals surface area contributed by atoms with Crippen LogP contribution < -0.4 is 5.73 Å². The molecular formula is C11H11ClN2S. The third-order valence-electron chi connectivity index (χ3n) is 2.32. The second-order valence-corrected chi connectivity index (χ2v) is 5.10. The molecule has 78 valence electrons. The molecule has 2 aromatic heterocycles. The molecule has 0 radical (unpaired) electrons. The molecule has 2 rings (SSSR count). The molecule has 2 heterocycles. The molecule has 15 heavy (non-hydrogen) atoms. The molecule has 0 aromatic carbocycles. The largest absolute Gasteiger partial charge is 0.320 e. The molecule has 2 aromatic rings. The van der Waals surface area contributed by atoms with Crippen molar-refractivity contribution < 1.29 is 0 Å². The second-order valence-electron chi connectivity index (χ2n) is 3.35. The van der Waals surface area contributed by atoms with Crippen molar-refractivity contribution in [3.63, 3.8) is 0 Å². The van der Waals surface area contributed by atoms with Crippen LogP contribution in [0.2, 0.25) is 4.34 Å². The summed E-state index contributed by atoms with van der Waals surface area (Å²) in [5.74, 6) is 0. The first kappa shape index (κ1) is 10.6. The van der Waals surface area contributed by atoms with Gasteiger partial charge in [0.15, 0.2) is 0 Å². The number of pyridine rings is 1. The molecule has 2 N–H and O–H groups in total. The van der Waals surface area contributed by atoms with Crippen molar-refractivity contribution in [3.05, 3.63) is 50.9 Å². The molecule has 1 atom stereocenters. The van der Waals surface area contributed by atoms with Crippen molar-refractivity contribution >= 4 is 22.9 Å². The van der Waals surface area contributed by atoms with E-state index in [0.717, 1.165) is 20.3 Å². The Hall–Kier alpha value is -0.900. The number of thiophene rings is 1. The molecule has 2 nitrogen and oxygen atoms in total. The summed E-state index contributed by atoms with van der Waals surface area (Å²) >= 11 is 7.39. The Morgan fingerprint density at radius 1 is 1.40 bits per heavy atom. The molecule has 0 saturated heterocycles. The fourth-order valence-corrected chi connectivity index (χ4v) is 2.53. The van der Waals surface area contributed by atoms with Gasteiger partial charge < -0.3 is 5.73 Å². The average molecular weight is 239 g/mol. The van der Waals surface area contributed by atoms with Gasteiger partial charge in [-0.25, -0.2) is 0 Å². The van der Waals surface area contributed by atoms with Crippen molar-refractivity contribution in [2.24, 2.45) is 5.73 Å². The van der Waals surface area contributed by atoms with Gasteiger partial charge in [-0.05, 0) is 36.2 Å². The van der Waals surface area contributed by atoms with Crippen LogP contribution in [0.15, 0.2) is 30.6 Å². The molecule has 0 spiro atoms. The minimum absolute atomic E-state index is 0.129. The van der Waals surface area contributed by atoms with Gasteiger partial charge in [0.2, 0.25) is 0 Å². The van der Waals surface area contributed by atoms with Gasteiger partial charge in [-0.2, -0.15) is 0 Å². The summed E-state index contributed by atoms with van der Waals surface area (Å²) in [6.45, 7) is 2.03. The Labute approximate surface area is 97.7 Å². The average Bonchev–Trinajstić information content (AvgIpc) is 2.65. The molecular weight excluding hydrogens is 228 g/mol. The molecule has 0 aliphatic carbocycles. The standard InChI is InChI=1S/C11H11ClN2S/c1-7-4-5-14-6-8(7)11(13)9-2-3-10(12)15-9/h2-6,11H,13H2,1H3. The van der Waals surface area contributed by atoms with Crippen LogP contribution in [0.1, 0.15) is 22.0 Å². The van der Waals surface area contributed by atoms with Gasteiger partial charge in [0, 0.05) is 17.3 Å². The van der Waals surface area contributed by atoms with E-state index in [2.05, 4.69) is 4.98 Å². The number of aryl methyl sites for hydroxylation is 1. The van der Waals surface area contributed by atoms with Gasteiger partial charge in [0.25, 0.3) is 0 Å². The Balaban J connectivity index is 2.36. The number of hydrogen-bond acceptors (Lipinski definition) is 3. The minimum Gasteiger partial charge on any atom is -0.320 e. The predicted octanol–water partition coefficient (Wildman–Crippen LogP) is 3.15. The van der Waals surface area contributed by atoms with Crippen molar-refractivity contribution in [2.75, 3.05) is 0 Å². The highest BCUT2D eigenvalue weighted by molar-refractivity contribution is 7.16. The minimum atomic E-state index is -0.129. The van der Waals surface area contributed by atoms with E-state index in [1.807, 2.05) is 31.3 Å². The Kier molecular flexibility index (Phi) is 3.05. The summed E-state index contributed by atoms with van der Waals surface area (Å²) in [4.78, 5) is 5.16. The third kappa shape index (κ3) is 2.20. The fraction of sp³-hybridized carbons (Fsp3) is 0.182. The maximum absolute atomic E-state index is 6.14. The first-order valence-corrected chi connectivity index (χ1v) is 5.79. The highest BCUT2D eigenvalue weighted by Gasteiger charge is 2.13. The van der Waals surface area contributed by atoms with Crippen LogP contribution in [-0.4, -0.2) is 4.98 Å². The molecule has 0 aliphatic heterocycles.